The molecule has 1 N–H and O–H groups in total. The number of aryl methyl sites for hydroxylation is 1. The Morgan fingerprint density at radius 2 is 1.68 bits per heavy atom. The van der Waals surface area contributed by atoms with E-state index in [1.54, 1.807) is 0 Å². The molecule has 2 aromatic rings. The maximum Gasteiger partial charge on any atom is 0.0372 e. The van der Waals surface area contributed by atoms with Gasteiger partial charge in [-0.1, -0.05) is 46.3 Å². The minimum Gasteiger partial charge on any atom is -0.382 e. The van der Waals surface area contributed by atoms with Crippen LogP contribution in [-0.4, -0.2) is 6.04 Å². The van der Waals surface area contributed by atoms with E-state index in [1.807, 2.05) is 0 Å². The van der Waals surface area contributed by atoms with Crippen molar-refractivity contribution < 1.29 is 0 Å². The van der Waals surface area contributed by atoms with Crippen molar-refractivity contribution in [2.75, 3.05) is 5.32 Å². The van der Waals surface area contributed by atoms with Crippen molar-refractivity contribution in [1.82, 2.24) is 0 Å². The summed E-state index contributed by atoms with van der Waals surface area (Å²) in [7, 11) is 0. The third-order valence-corrected chi connectivity index (χ3v) is 4.51. The van der Waals surface area contributed by atoms with E-state index in [0.717, 1.165) is 10.4 Å². The van der Waals surface area contributed by atoms with Crippen LogP contribution in [0.15, 0.2) is 53.0 Å². The fourth-order valence-corrected chi connectivity index (χ4v) is 2.96. The Kier molecular flexibility index (Phi) is 3.61. The van der Waals surface area contributed by atoms with Gasteiger partial charge in [-0.2, -0.15) is 0 Å². The monoisotopic (exact) mass is 315 g/mol. The van der Waals surface area contributed by atoms with Gasteiger partial charge in [-0.15, -0.1) is 0 Å². The second kappa shape index (κ2) is 5.38. The lowest BCUT2D eigenvalue weighted by atomic mass is 9.76. The van der Waals surface area contributed by atoms with Gasteiger partial charge in [0.15, 0.2) is 0 Å². The van der Waals surface area contributed by atoms with Crippen LogP contribution >= 0.6 is 15.9 Å². The molecule has 3 rings (SSSR count). The van der Waals surface area contributed by atoms with Crippen LogP contribution in [-0.2, 0) is 0 Å². The molecule has 1 nitrogen and oxygen atoms in total. The van der Waals surface area contributed by atoms with Crippen LogP contribution in [0.2, 0.25) is 0 Å². The lowest BCUT2D eigenvalue weighted by Gasteiger charge is -2.37. The van der Waals surface area contributed by atoms with Crippen molar-refractivity contribution in [3.63, 3.8) is 0 Å². The van der Waals surface area contributed by atoms with Gasteiger partial charge >= 0.3 is 0 Å². The lowest BCUT2D eigenvalue weighted by molar-refractivity contribution is 0.374. The molecule has 0 amide bonds. The van der Waals surface area contributed by atoms with Crippen molar-refractivity contribution in [2.24, 2.45) is 0 Å². The summed E-state index contributed by atoms with van der Waals surface area (Å²) in [5.41, 5.74) is 4.07. The minimum atomic E-state index is 0.620. The quantitative estimate of drug-likeness (QED) is 0.829. The third kappa shape index (κ3) is 2.84. The number of halogens is 1. The van der Waals surface area contributed by atoms with E-state index in [-0.39, 0.29) is 0 Å². The molecule has 0 unspecified atom stereocenters. The summed E-state index contributed by atoms with van der Waals surface area (Å²) in [6.07, 6.45) is 2.46. The van der Waals surface area contributed by atoms with Crippen LogP contribution in [0.3, 0.4) is 0 Å². The van der Waals surface area contributed by atoms with Crippen molar-refractivity contribution >= 4 is 21.6 Å². The predicted octanol–water partition coefficient (Wildman–Crippen LogP) is 5.12. The second-order valence-corrected chi connectivity index (χ2v) is 6.29. The first-order valence-electron chi connectivity index (χ1n) is 6.80. The molecule has 98 valence electrons. The van der Waals surface area contributed by atoms with E-state index in [4.69, 9.17) is 0 Å². The highest BCUT2D eigenvalue weighted by molar-refractivity contribution is 9.10. The molecule has 2 heteroatoms. The first kappa shape index (κ1) is 12.7. The molecule has 1 fully saturated rings. The van der Waals surface area contributed by atoms with Gasteiger partial charge in [-0.25, -0.2) is 0 Å². The number of hydrogen-bond acceptors (Lipinski definition) is 1. The minimum absolute atomic E-state index is 0.620. The van der Waals surface area contributed by atoms with Gasteiger partial charge in [0.25, 0.3) is 0 Å². The van der Waals surface area contributed by atoms with Crippen LogP contribution in [0.4, 0.5) is 5.69 Å². The van der Waals surface area contributed by atoms with E-state index in [0.29, 0.717) is 6.04 Å². The fraction of sp³-hybridized carbons (Fsp3) is 0.294. The number of para-hydroxylation sites is 1. The molecule has 1 aliphatic rings. The summed E-state index contributed by atoms with van der Waals surface area (Å²) in [5.74, 6) is 0.717. The molecule has 2 aromatic carbocycles. The molecule has 0 heterocycles. The van der Waals surface area contributed by atoms with Crippen molar-refractivity contribution in [3.05, 3.63) is 64.1 Å². The smallest absolute Gasteiger partial charge is 0.0372 e. The second-order valence-electron chi connectivity index (χ2n) is 5.38. The maximum absolute atomic E-state index is 3.65. The normalized spacial score (nSPS) is 21.8. The highest BCUT2D eigenvalue weighted by Crippen LogP contribution is 2.39. The molecular formula is C17H18BrN. The number of hydrogen-bond donors (Lipinski definition) is 1. The fourth-order valence-electron chi connectivity index (χ4n) is 2.70. The first-order chi connectivity index (χ1) is 9.22. The van der Waals surface area contributed by atoms with Gasteiger partial charge in [-0.05, 0) is 55.0 Å². The molecule has 0 aromatic heterocycles. The molecule has 1 saturated carbocycles. The van der Waals surface area contributed by atoms with Crippen molar-refractivity contribution in [3.8, 4) is 0 Å². The van der Waals surface area contributed by atoms with E-state index < -0.39 is 0 Å². The van der Waals surface area contributed by atoms with E-state index in [1.165, 1.54) is 29.7 Å². The zero-order valence-electron chi connectivity index (χ0n) is 11.1. The Hall–Kier alpha value is -1.28. The topological polar surface area (TPSA) is 12.0 Å². The summed E-state index contributed by atoms with van der Waals surface area (Å²) in [4.78, 5) is 0. The first-order valence-corrected chi connectivity index (χ1v) is 7.59. The van der Waals surface area contributed by atoms with Gasteiger partial charge in [0.1, 0.15) is 0 Å². The molecule has 0 saturated heterocycles. The van der Waals surface area contributed by atoms with Crippen LogP contribution in [0.25, 0.3) is 0 Å². The Morgan fingerprint density at radius 3 is 2.37 bits per heavy atom. The van der Waals surface area contributed by atoms with E-state index in [2.05, 4.69) is 76.7 Å². The standard InChI is InChI=1S/C17H18BrN/c1-12-4-2-3-5-17(12)19-16-10-14(11-16)13-6-8-15(18)9-7-13/h2-9,14,16,19H,10-11H2,1H3. The predicted molar refractivity (Wildman–Crippen MR) is 84.7 cm³/mol. The van der Waals surface area contributed by atoms with Crippen LogP contribution in [0.5, 0.6) is 0 Å². The number of anilines is 1. The van der Waals surface area contributed by atoms with E-state index in [9.17, 15) is 0 Å². The average molecular weight is 316 g/mol. The molecule has 19 heavy (non-hydrogen) atoms. The number of nitrogens with one attached hydrogen (secondary N) is 1. The summed E-state index contributed by atoms with van der Waals surface area (Å²) in [5, 5.41) is 3.65. The van der Waals surface area contributed by atoms with Gasteiger partial charge in [0.2, 0.25) is 0 Å². The molecule has 0 spiro atoms. The van der Waals surface area contributed by atoms with Crippen molar-refractivity contribution in [2.45, 2.75) is 31.7 Å². The van der Waals surface area contributed by atoms with Crippen molar-refractivity contribution in [1.29, 1.82) is 0 Å². The van der Waals surface area contributed by atoms with Gasteiger partial charge < -0.3 is 5.32 Å². The molecule has 1 aliphatic carbocycles. The molecule has 0 radical (unpaired) electrons. The SMILES string of the molecule is Cc1ccccc1NC1CC(c2ccc(Br)cc2)C1. The summed E-state index contributed by atoms with van der Waals surface area (Å²) in [6, 6.07) is 17.9. The number of benzene rings is 2. The average Bonchev–Trinajstić information content (AvgIpc) is 2.37. The Bertz CT molecular complexity index is 556. The Balaban J connectivity index is 1.58. The zero-order chi connectivity index (χ0) is 13.2. The van der Waals surface area contributed by atoms with Crippen LogP contribution in [0.1, 0.15) is 29.9 Å². The van der Waals surface area contributed by atoms with Crippen LogP contribution < -0.4 is 5.32 Å². The summed E-state index contributed by atoms with van der Waals surface area (Å²) < 4.78 is 1.16. The van der Waals surface area contributed by atoms with Gasteiger partial charge in [0.05, 0.1) is 0 Å². The largest absolute Gasteiger partial charge is 0.382 e. The van der Waals surface area contributed by atoms with E-state index >= 15 is 0 Å². The maximum atomic E-state index is 3.65. The highest BCUT2D eigenvalue weighted by atomic mass is 79.9. The Morgan fingerprint density at radius 1 is 1.00 bits per heavy atom. The molecule has 0 bridgehead atoms. The Labute approximate surface area is 123 Å². The van der Waals surface area contributed by atoms with Gasteiger partial charge in [-0.3, -0.25) is 0 Å². The highest BCUT2D eigenvalue weighted by Gasteiger charge is 2.30. The molecule has 0 atom stereocenters. The summed E-state index contributed by atoms with van der Waals surface area (Å²) in [6.45, 7) is 2.16. The van der Waals surface area contributed by atoms with Gasteiger partial charge in [0, 0.05) is 16.2 Å². The van der Waals surface area contributed by atoms with Crippen LogP contribution in [0, 0.1) is 6.92 Å². The molecule has 0 aliphatic heterocycles. The third-order valence-electron chi connectivity index (χ3n) is 3.98. The number of rotatable bonds is 3. The summed E-state index contributed by atoms with van der Waals surface area (Å²) >= 11 is 3.49. The lowest BCUT2D eigenvalue weighted by Crippen LogP contribution is -2.34. The zero-order valence-corrected chi connectivity index (χ0v) is 12.7. The molecular weight excluding hydrogens is 298 g/mol.